The average molecular weight is 414 g/mol. The fourth-order valence-corrected chi connectivity index (χ4v) is 4.00. The van der Waals surface area contributed by atoms with Crippen molar-refractivity contribution in [3.8, 4) is 11.5 Å². The third-order valence-corrected chi connectivity index (χ3v) is 5.57. The van der Waals surface area contributed by atoms with Crippen LogP contribution in [0.1, 0.15) is 48.2 Å². The lowest BCUT2D eigenvalue weighted by Crippen LogP contribution is -2.33. The van der Waals surface area contributed by atoms with Crippen LogP contribution in [0.2, 0.25) is 0 Å². The number of carbonyl (C=O) groups excluding carboxylic acids is 1. The number of hydrogen-bond acceptors (Lipinski definition) is 4. The number of amides is 1. The monoisotopic (exact) mass is 413 g/mol. The molecule has 2 atom stereocenters. The molecule has 6 nitrogen and oxygen atoms in total. The highest BCUT2D eigenvalue weighted by molar-refractivity contribution is 5.87. The molecule has 162 valence electrons. The molecule has 0 heterocycles. The molecule has 6 heteroatoms. The first-order valence-corrected chi connectivity index (χ1v) is 9.82. The zero-order valence-corrected chi connectivity index (χ0v) is 16.8. The van der Waals surface area contributed by atoms with Crippen molar-refractivity contribution in [1.29, 1.82) is 0 Å². The highest BCUT2D eigenvalue weighted by Crippen LogP contribution is 2.36. The number of carbonyl (C=O) groups is 2. The van der Waals surface area contributed by atoms with Gasteiger partial charge in [0.25, 0.3) is 0 Å². The maximum Gasteiger partial charge on any atom is 0.335 e. The summed E-state index contributed by atoms with van der Waals surface area (Å²) < 4.78 is 10.7. The first-order chi connectivity index (χ1) is 14.0. The topological polar surface area (TPSA) is 84.9 Å². The van der Waals surface area contributed by atoms with Crippen molar-refractivity contribution in [3.63, 3.8) is 0 Å². The average Bonchev–Trinajstić information content (AvgIpc) is 3.20. The van der Waals surface area contributed by atoms with E-state index in [-0.39, 0.29) is 30.7 Å². The summed E-state index contributed by atoms with van der Waals surface area (Å²) in [6.07, 6.45) is 3.75. The van der Waals surface area contributed by atoms with Crippen LogP contribution in [0, 0.1) is 11.8 Å². The molecule has 0 aromatic heterocycles. The van der Waals surface area contributed by atoms with E-state index in [2.05, 4.69) is 5.32 Å². The Morgan fingerprint density at radius 1 is 1.00 bits per heavy atom. The highest BCUT2D eigenvalue weighted by atomic mass is 16.5. The van der Waals surface area contributed by atoms with Crippen LogP contribution in [-0.4, -0.2) is 31.2 Å². The van der Waals surface area contributed by atoms with E-state index in [0.29, 0.717) is 6.54 Å². The molecule has 1 fully saturated rings. The Bertz CT molecular complexity index is 840. The van der Waals surface area contributed by atoms with Gasteiger partial charge in [0.2, 0.25) is 5.91 Å². The quantitative estimate of drug-likeness (QED) is 0.673. The molecule has 0 saturated heterocycles. The summed E-state index contributed by atoms with van der Waals surface area (Å²) in [4.78, 5) is 23.7. The number of aromatic carboxylic acids is 1. The molecular formula is C24H31NO5. The van der Waals surface area contributed by atoms with Gasteiger partial charge in [-0.2, -0.15) is 0 Å². The largest absolute Gasteiger partial charge is 0.497 e. The van der Waals surface area contributed by atoms with Gasteiger partial charge in [-0.05, 0) is 60.6 Å². The molecule has 2 N–H and O–H groups in total. The van der Waals surface area contributed by atoms with Crippen molar-refractivity contribution in [2.24, 2.45) is 11.8 Å². The number of methoxy groups -OCH3 is 2. The Morgan fingerprint density at radius 3 is 2.20 bits per heavy atom. The third kappa shape index (κ3) is 5.75. The molecule has 0 bridgehead atoms. The Labute approximate surface area is 178 Å². The Kier molecular flexibility index (Phi) is 8.27. The van der Waals surface area contributed by atoms with E-state index in [1.165, 1.54) is 0 Å². The standard InChI is InChI=1S/C23H27NO5.CH4/c1-28-19-11-16(12-20(13-19)29-2)10-18-4-3-5-21(18)22(25)24-14-15-6-8-17(9-7-15)23(26)27;/h6-9,11-13,18,21H,3-5,10,14H2,1-2H3,(H,24,25)(H,26,27);1H4. The zero-order chi connectivity index (χ0) is 20.8. The van der Waals surface area contributed by atoms with Crippen LogP contribution in [0.3, 0.4) is 0 Å². The highest BCUT2D eigenvalue weighted by Gasteiger charge is 2.33. The van der Waals surface area contributed by atoms with Crippen molar-refractivity contribution in [1.82, 2.24) is 5.32 Å². The van der Waals surface area contributed by atoms with Crippen LogP contribution in [0.5, 0.6) is 11.5 Å². The van der Waals surface area contributed by atoms with E-state index < -0.39 is 5.97 Å². The molecule has 1 amide bonds. The number of benzene rings is 2. The Balaban J connectivity index is 0.00000320. The van der Waals surface area contributed by atoms with Gasteiger partial charge in [-0.15, -0.1) is 0 Å². The first kappa shape index (κ1) is 23.3. The molecule has 0 radical (unpaired) electrons. The van der Waals surface area contributed by atoms with Crippen LogP contribution in [-0.2, 0) is 17.8 Å². The Hall–Kier alpha value is -3.02. The molecule has 2 unspecified atom stereocenters. The normalized spacial score (nSPS) is 17.7. The van der Waals surface area contributed by atoms with E-state index in [4.69, 9.17) is 14.6 Å². The molecule has 0 aliphatic heterocycles. The second kappa shape index (κ2) is 10.7. The van der Waals surface area contributed by atoms with Crippen LogP contribution >= 0.6 is 0 Å². The lowest BCUT2D eigenvalue weighted by Gasteiger charge is -2.20. The van der Waals surface area contributed by atoms with Gasteiger partial charge in [0, 0.05) is 18.5 Å². The van der Waals surface area contributed by atoms with Crippen LogP contribution in [0.25, 0.3) is 0 Å². The fourth-order valence-electron chi connectivity index (χ4n) is 4.00. The first-order valence-electron chi connectivity index (χ1n) is 9.82. The van der Waals surface area contributed by atoms with Gasteiger partial charge in [-0.3, -0.25) is 4.79 Å². The van der Waals surface area contributed by atoms with Gasteiger partial charge in [0.1, 0.15) is 11.5 Å². The summed E-state index contributed by atoms with van der Waals surface area (Å²) >= 11 is 0. The van der Waals surface area contributed by atoms with Crippen LogP contribution in [0.15, 0.2) is 42.5 Å². The van der Waals surface area contributed by atoms with Crippen molar-refractivity contribution >= 4 is 11.9 Å². The van der Waals surface area contributed by atoms with E-state index in [1.54, 1.807) is 38.5 Å². The lowest BCUT2D eigenvalue weighted by molar-refractivity contribution is -0.126. The predicted molar refractivity (Wildman–Crippen MR) is 116 cm³/mol. The minimum atomic E-state index is -0.955. The minimum absolute atomic E-state index is 0. The number of rotatable bonds is 8. The summed E-state index contributed by atoms with van der Waals surface area (Å²) in [5.41, 5.74) is 2.23. The van der Waals surface area contributed by atoms with E-state index >= 15 is 0 Å². The van der Waals surface area contributed by atoms with Crippen molar-refractivity contribution in [3.05, 3.63) is 59.2 Å². The molecule has 1 aliphatic carbocycles. The Morgan fingerprint density at radius 2 is 1.63 bits per heavy atom. The van der Waals surface area contributed by atoms with E-state index in [1.807, 2.05) is 18.2 Å². The van der Waals surface area contributed by atoms with Gasteiger partial charge in [0.05, 0.1) is 19.8 Å². The second-order valence-electron chi connectivity index (χ2n) is 7.44. The molecule has 2 aromatic carbocycles. The van der Waals surface area contributed by atoms with Gasteiger partial charge >= 0.3 is 5.97 Å². The molecule has 0 spiro atoms. The zero-order valence-electron chi connectivity index (χ0n) is 16.8. The van der Waals surface area contributed by atoms with Crippen molar-refractivity contribution < 1.29 is 24.2 Å². The lowest BCUT2D eigenvalue weighted by atomic mass is 9.89. The van der Waals surface area contributed by atoms with Gasteiger partial charge in [-0.1, -0.05) is 26.0 Å². The molecule has 1 saturated carbocycles. The number of carboxylic acid groups (broad SMARTS) is 1. The molecule has 30 heavy (non-hydrogen) atoms. The van der Waals surface area contributed by atoms with Crippen molar-refractivity contribution in [2.45, 2.75) is 39.7 Å². The van der Waals surface area contributed by atoms with Gasteiger partial charge in [0.15, 0.2) is 0 Å². The summed E-state index contributed by atoms with van der Waals surface area (Å²) in [5, 5.41) is 12.0. The maximum atomic E-state index is 12.8. The molecule has 2 aromatic rings. The number of nitrogens with one attached hydrogen (secondary N) is 1. The number of hydrogen-bond donors (Lipinski definition) is 2. The third-order valence-electron chi connectivity index (χ3n) is 5.57. The van der Waals surface area contributed by atoms with E-state index in [9.17, 15) is 9.59 Å². The van der Waals surface area contributed by atoms with Crippen LogP contribution in [0.4, 0.5) is 0 Å². The number of ether oxygens (including phenoxy) is 2. The van der Waals surface area contributed by atoms with E-state index in [0.717, 1.165) is 48.3 Å². The fraction of sp³-hybridized carbons (Fsp3) is 0.417. The van der Waals surface area contributed by atoms with Gasteiger partial charge in [-0.25, -0.2) is 4.79 Å². The maximum absolute atomic E-state index is 12.8. The smallest absolute Gasteiger partial charge is 0.335 e. The minimum Gasteiger partial charge on any atom is -0.497 e. The summed E-state index contributed by atoms with van der Waals surface area (Å²) in [6.45, 7) is 0.398. The van der Waals surface area contributed by atoms with Gasteiger partial charge < -0.3 is 19.9 Å². The van der Waals surface area contributed by atoms with Crippen LogP contribution < -0.4 is 14.8 Å². The number of carboxylic acids is 1. The van der Waals surface area contributed by atoms with Crippen molar-refractivity contribution in [2.75, 3.05) is 14.2 Å². The summed E-state index contributed by atoms with van der Waals surface area (Å²) in [5.74, 6) is 0.867. The molecular weight excluding hydrogens is 382 g/mol. The summed E-state index contributed by atoms with van der Waals surface area (Å²) in [7, 11) is 3.26. The summed E-state index contributed by atoms with van der Waals surface area (Å²) in [6, 6.07) is 12.4. The predicted octanol–water partition coefficient (Wildman–Crippen LogP) is 4.31. The SMILES string of the molecule is C.COc1cc(CC2CCCC2C(=O)NCc2ccc(C(=O)O)cc2)cc(OC)c1. The molecule has 1 aliphatic rings. The molecule has 3 rings (SSSR count). The second-order valence-corrected chi connectivity index (χ2v) is 7.44.